The number of sulfone groups is 1. The summed E-state index contributed by atoms with van der Waals surface area (Å²) >= 11 is 1.38. The summed E-state index contributed by atoms with van der Waals surface area (Å²) in [6, 6.07) is 8.00. The number of benzene rings is 1. The van der Waals surface area contributed by atoms with E-state index in [9.17, 15) is 22.4 Å². The molecule has 2 aliphatic heterocycles. The zero-order valence-corrected chi connectivity index (χ0v) is 18.5. The van der Waals surface area contributed by atoms with Crippen molar-refractivity contribution in [2.24, 2.45) is 0 Å². The largest absolute Gasteiger partial charge is 0.442 e. The monoisotopic (exact) mass is 467 g/mol. The minimum Gasteiger partial charge on any atom is -0.442 e. The SMILES string of the molecule is Cc1ccc(C(=O)NC[C@H]2CN(c3ccc(N4CCS(=O)(=O)CC4)c(F)c3)C(=O)O2)s1. The number of nitrogens with zero attached hydrogens (tertiary/aromatic N) is 2. The number of carbonyl (C=O) groups is 2. The summed E-state index contributed by atoms with van der Waals surface area (Å²) < 4.78 is 43.2. The third-order valence-corrected chi connectivity index (χ3v) is 7.87. The van der Waals surface area contributed by atoms with E-state index in [0.717, 1.165) is 4.88 Å². The molecule has 2 aromatic rings. The van der Waals surface area contributed by atoms with E-state index >= 15 is 0 Å². The average Bonchev–Trinajstić information content (AvgIpc) is 3.32. The Hall–Kier alpha value is -2.66. The van der Waals surface area contributed by atoms with E-state index in [2.05, 4.69) is 5.32 Å². The first-order valence-corrected chi connectivity index (χ1v) is 12.4. The standard InChI is InChI=1S/C20H22FN3O5S2/c1-13-2-5-18(30-13)19(25)22-11-15-12-24(20(26)29-15)14-3-4-17(16(21)10-14)23-6-8-31(27,28)9-7-23/h2-5,10,15H,6-9,11-12H2,1H3,(H,22,25)/t15-/m0/s1. The highest BCUT2D eigenvalue weighted by Gasteiger charge is 2.33. The molecule has 11 heteroatoms. The number of cyclic esters (lactones) is 1. The van der Waals surface area contributed by atoms with Gasteiger partial charge in [-0.25, -0.2) is 17.6 Å². The van der Waals surface area contributed by atoms with Gasteiger partial charge in [-0.3, -0.25) is 9.69 Å². The van der Waals surface area contributed by atoms with Gasteiger partial charge in [0.2, 0.25) is 0 Å². The molecule has 31 heavy (non-hydrogen) atoms. The molecule has 2 fully saturated rings. The van der Waals surface area contributed by atoms with Crippen molar-refractivity contribution in [3.63, 3.8) is 0 Å². The zero-order chi connectivity index (χ0) is 22.2. The van der Waals surface area contributed by atoms with E-state index in [0.29, 0.717) is 16.3 Å². The predicted octanol–water partition coefficient (Wildman–Crippen LogP) is 2.19. The quantitative estimate of drug-likeness (QED) is 0.724. The zero-order valence-electron chi connectivity index (χ0n) is 16.8. The van der Waals surface area contributed by atoms with Gasteiger partial charge in [-0.2, -0.15) is 0 Å². The van der Waals surface area contributed by atoms with Crippen molar-refractivity contribution < 1.29 is 27.1 Å². The van der Waals surface area contributed by atoms with Gasteiger partial charge in [-0.1, -0.05) is 0 Å². The van der Waals surface area contributed by atoms with E-state index in [1.165, 1.54) is 22.3 Å². The van der Waals surface area contributed by atoms with Crippen LogP contribution in [-0.2, 0) is 14.6 Å². The van der Waals surface area contributed by atoms with Gasteiger partial charge in [-0.15, -0.1) is 11.3 Å². The molecular weight excluding hydrogens is 445 g/mol. The van der Waals surface area contributed by atoms with E-state index in [4.69, 9.17) is 4.74 Å². The number of anilines is 2. The maximum absolute atomic E-state index is 14.7. The summed E-state index contributed by atoms with van der Waals surface area (Å²) in [6.07, 6.45) is -1.16. The molecule has 1 aromatic carbocycles. The van der Waals surface area contributed by atoms with Crippen LogP contribution in [-0.4, -0.2) is 64.2 Å². The van der Waals surface area contributed by atoms with Crippen molar-refractivity contribution in [2.45, 2.75) is 13.0 Å². The van der Waals surface area contributed by atoms with Crippen molar-refractivity contribution in [3.8, 4) is 0 Å². The van der Waals surface area contributed by atoms with Crippen LogP contribution < -0.4 is 15.1 Å². The Bertz CT molecular complexity index is 1100. The molecule has 0 saturated carbocycles. The molecule has 0 radical (unpaired) electrons. The Kier molecular flexibility index (Phi) is 5.89. The fourth-order valence-electron chi connectivity index (χ4n) is 3.56. The molecule has 1 aromatic heterocycles. The first-order chi connectivity index (χ1) is 14.7. The number of ether oxygens (including phenoxy) is 1. The van der Waals surface area contributed by atoms with Crippen LogP contribution in [0.25, 0.3) is 0 Å². The summed E-state index contributed by atoms with van der Waals surface area (Å²) in [5.41, 5.74) is 0.653. The van der Waals surface area contributed by atoms with Crippen LogP contribution in [0.4, 0.5) is 20.6 Å². The number of aryl methyl sites for hydroxylation is 1. The lowest BCUT2D eigenvalue weighted by Gasteiger charge is -2.29. The Balaban J connectivity index is 1.37. The van der Waals surface area contributed by atoms with Crippen LogP contribution in [0.1, 0.15) is 14.5 Å². The lowest BCUT2D eigenvalue weighted by molar-refractivity contribution is 0.0920. The molecule has 1 atom stereocenters. The molecule has 0 unspecified atom stereocenters. The Morgan fingerprint density at radius 3 is 2.65 bits per heavy atom. The second kappa shape index (κ2) is 8.46. The van der Waals surface area contributed by atoms with E-state index in [-0.39, 0.29) is 43.6 Å². The number of thiophene rings is 1. The molecule has 3 heterocycles. The molecule has 0 aliphatic carbocycles. The first kappa shape index (κ1) is 21.6. The smallest absolute Gasteiger partial charge is 0.414 e. The second-order valence-electron chi connectivity index (χ2n) is 7.51. The Morgan fingerprint density at radius 1 is 1.26 bits per heavy atom. The van der Waals surface area contributed by atoms with Crippen molar-refractivity contribution in [1.82, 2.24) is 5.32 Å². The molecule has 166 valence electrons. The molecule has 1 N–H and O–H groups in total. The van der Waals surface area contributed by atoms with Crippen molar-refractivity contribution in [2.75, 3.05) is 47.5 Å². The predicted molar refractivity (Wildman–Crippen MR) is 116 cm³/mol. The van der Waals surface area contributed by atoms with Gasteiger partial charge in [0.05, 0.1) is 40.8 Å². The number of hydrogen-bond acceptors (Lipinski definition) is 7. The van der Waals surface area contributed by atoms with Gasteiger partial charge in [0.1, 0.15) is 11.9 Å². The molecule has 8 nitrogen and oxygen atoms in total. The lowest BCUT2D eigenvalue weighted by atomic mass is 10.2. The highest BCUT2D eigenvalue weighted by Crippen LogP contribution is 2.28. The maximum atomic E-state index is 14.7. The topological polar surface area (TPSA) is 96.0 Å². The highest BCUT2D eigenvalue weighted by molar-refractivity contribution is 7.91. The van der Waals surface area contributed by atoms with Crippen LogP contribution in [0.3, 0.4) is 0 Å². The van der Waals surface area contributed by atoms with Gasteiger partial charge >= 0.3 is 6.09 Å². The third kappa shape index (κ3) is 4.82. The number of rotatable bonds is 5. The summed E-state index contributed by atoms with van der Waals surface area (Å²) in [5, 5.41) is 2.75. The second-order valence-corrected chi connectivity index (χ2v) is 11.1. The van der Waals surface area contributed by atoms with Gasteiger partial charge in [0.15, 0.2) is 9.84 Å². The molecule has 4 rings (SSSR count). The minimum atomic E-state index is -3.06. The molecular formula is C20H22FN3O5S2. The summed E-state index contributed by atoms with van der Waals surface area (Å²) in [4.78, 5) is 29.1. The van der Waals surface area contributed by atoms with Gasteiger partial charge < -0.3 is 15.0 Å². The summed E-state index contributed by atoms with van der Waals surface area (Å²) in [6.45, 7) is 2.71. The minimum absolute atomic E-state index is 0.00885. The first-order valence-electron chi connectivity index (χ1n) is 9.79. The number of amides is 2. The molecule has 0 spiro atoms. The van der Waals surface area contributed by atoms with Crippen molar-refractivity contribution >= 4 is 44.5 Å². The van der Waals surface area contributed by atoms with Crippen LogP contribution in [0.2, 0.25) is 0 Å². The number of hydrogen-bond donors (Lipinski definition) is 1. The van der Waals surface area contributed by atoms with Crippen LogP contribution >= 0.6 is 11.3 Å². The third-order valence-electron chi connectivity index (χ3n) is 5.26. The fraction of sp³-hybridized carbons (Fsp3) is 0.400. The fourth-order valence-corrected chi connectivity index (χ4v) is 5.55. The van der Waals surface area contributed by atoms with Crippen LogP contribution in [0.5, 0.6) is 0 Å². The maximum Gasteiger partial charge on any atom is 0.414 e. The molecule has 2 amide bonds. The van der Waals surface area contributed by atoms with E-state index < -0.39 is 27.9 Å². The van der Waals surface area contributed by atoms with Gasteiger partial charge in [-0.05, 0) is 37.3 Å². The van der Waals surface area contributed by atoms with Crippen molar-refractivity contribution in [3.05, 3.63) is 45.9 Å². The summed E-state index contributed by atoms with van der Waals surface area (Å²) in [7, 11) is -3.06. The average molecular weight is 468 g/mol. The Labute approximate surface area is 183 Å². The Morgan fingerprint density at radius 2 is 2.00 bits per heavy atom. The van der Waals surface area contributed by atoms with E-state index in [1.54, 1.807) is 23.1 Å². The lowest BCUT2D eigenvalue weighted by Crippen LogP contribution is -2.40. The van der Waals surface area contributed by atoms with Crippen LogP contribution in [0.15, 0.2) is 30.3 Å². The van der Waals surface area contributed by atoms with Crippen LogP contribution in [0, 0.1) is 12.7 Å². The normalized spacial score (nSPS) is 20.6. The van der Waals surface area contributed by atoms with Gasteiger partial charge in [0, 0.05) is 18.0 Å². The van der Waals surface area contributed by atoms with Gasteiger partial charge in [0.25, 0.3) is 5.91 Å². The number of halogens is 1. The molecule has 2 aliphatic rings. The molecule has 0 bridgehead atoms. The molecule has 2 saturated heterocycles. The number of carbonyl (C=O) groups excluding carboxylic acids is 2. The van der Waals surface area contributed by atoms with Crippen molar-refractivity contribution in [1.29, 1.82) is 0 Å². The van der Waals surface area contributed by atoms with E-state index in [1.807, 2.05) is 13.0 Å². The number of nitrogens with one attached hydrogen (secondary N) is 1. The summed E-state index contributed by atoms with van der Waals surface area (Å²) in [5.74, 6) is -0.781. The highest BCUT2D eigenvalue weighted by atomic mass is 32.2.